The molecule has 0 aliphatic carbocycles. The number of aromatic nitrogens is 3. The molecule has 0 bridgehead atoms. The van der Waals surface area contributed by atoms with Gasteiger partial charge in [-0.3, -0.25) is 0 Å². The average Bonchev–Trinajstić information content (AvgIpc) is 2.65. The third kappa shape index (κ3) is 0.900. The van der Waals surface area contributed by atoms with Crippen LogP contribution in [-0.2, 0) is 13.0 Å². The van der Waals surface area contributed by atoms with Crippen molar-refractivity contribution >= 4 is 0 Å². The maximum Gasteiger partial charge on any atom is 0.158 e. The molecule has 0 saturated carbocycles. The second-order valence-electron chi connectivity index (χ2n) is 3.21. The summed E-state index contributed by atoms with van der Waals surface area (Å²) in [6, 6.07) is 8.39. The number of benzene rings is 1. The van der Waals surface area contributed by atoms with E-state index in [4.69, 9.17) is 0 Å². The van der Waals surface area contributed by atoms with Crippen LogP contribution in [0.5, 0.6) is 0 Å². The average molecular weight is 171 g/mol. The van der Waals surface area contributed by atoms with Gasteiger partial charge in [-0.1, -0.05) is 24.3 Å². The Morgan fingerprint density at radius 3 is 3.15 bits per heavy atom. The van der Waals surface area contributed by atoms with Crippen molar-refractivity contribution in [1.82, 2.24) is 14.8 Å². The lowest BCUT2D eigenvalue weighted by Gasteiger charge is -2.15. The predicted molar refractivity (Wildman–Crippen MR) is 49.2 cm³/mol. The highest BCUT2D eigenvalue weighted by atomic mass is 15.3. The zero-order valence-corrected chi connectivity index (χ0v) is 7.14. The van der Waals surface area contributed by atoms with Gasteiger partial charge in [-0.15, -0.1) is 0 Å². The van der Waals surface area contributed by atoms with Gasteiger partial charge in [0.05, 0.1) is 0 Å². The Balaban J connectivity index is 2.30. The molecule has 0 fully saturated rings. The lowest BCUT2D eigenvalue weighted by atomic mass is 10.0. The Morgan fingerprint density at radius 1 is 1.23 bits per heavy atom. The molecule has 1 aromatic carbocycles. The van der Waals surface area contributed by atoms with Crippen LogP contribution in [0.4, 0.5) is 0 Å². The second-order valence-corrected chi connectivity index (χ2v) is 3.21. The van der Waals surface area contributed by atoms with Crippen LogP contribution in [0.15, 0.2) is 30.6 Å². The lowest BCUT2D eigenvalue weighted by molar-refractivity contribution is 0.605. The first-order valence-electron chi connectivity index (χ1n) is 4.41. The van der Waals surface area contributed by atoms with Gasteiger partial charge in [-0.25, -0.2) is 9.67 Å². The first-order chi connectivity index (χ1) is 6.45. The summed E-state index contributed by atoms with van der Waals surface area (Å²) in [7, 11) is 0. The summed E-state index contributed by atoms with van der Waals surface area (Å²) in [5, 5.41) is 4.16. The lowest BCUT2D eigenvalue weighted by Crippen LogP contribution is -2.11. The van der Waals surface area contributed by atoms with Crippen molar-refractivity contribution in [2.24, 2.45) is 0 Å². The summed E-state index contributed by atoms with van der Waals surface area (Å²) in [5.74, 6) is 1.00. The minimum absolute atomic E-state index is 0.951. The Bertz CT molecular complexity index is 445. The number of rotatable bonds is 0. The van der Waals surface area contributed by atoms with Crippen LogP contribution in [0, 0.1) is 0 Å². The predicted octanol–water partition coefficient (Wildman–Crippen LogP) is 1.50. The minimum Gasteiger partial charge on any atom is -0.245 e. The summed E-state index contributed by atoms with van der Waals surface area (Å²) < 4.78 is 1.96. The maximum atomic E-state index is 4.25. The number of nitrogens with zero attached hydrogens (tertiary/aromatic N) is 3. The van der Waals surface area contributed by atoms with Gasteiger partial charge in [-0.05, 0) is 12.0 Å². The highest BCUT2D eigenvalue weighted by Crippen LogP contribution is 2.25. The number of aryl methyl sites for hydroxylation is 2. The fraction of sp³-hybridized carbons (Fsp3) is 0.200. The molecule has 0 unspecified atom stereocenters. The van der Waals surface area contributed by atoms with Crippen LogP contribution < -0.4 is 0 Å². The van der Waals surface area contributed by atoms with Gasteiger partial charge >= 0.3 is 0 Å². The van der Waals surface area contributed by atoms with Crippen LogP contribution in [0.25, 0.3) is 11.4 Å². The van der Waals surface area contributed by atoms with Crippen LogP contribution in [0.3, 0.4) is 0 Å². The van der Waals surface area contributed by atoms with Crippen LogP contribution >= 0.6 is 0 Å². The fourth-order valence-electron chi connectivity index (χ4n) is 1.82. The normalized spacial score (nSPS) is 13.5. The van der Waals surface area contributed by atoms with Crippen molar-refractivity contribution in [3.63, 3.8) is 0 Å². The van der Waals surface area contributed by atoms with E-state index in [-0.39, 0.29) is 0 Å². The summed E-state index contributed by atoms with van der Waals surface area (Å²) in [6.45, 7) is 0.951. The molecule has 1 aliphatic heterocycles. The topological polar surface area (TPSA) is 30.7 Å². The highest BCUT2D eigenvalue weighted by Gasteiger charge is 2.15. The van der Waals surface area contributed by atoms with Crippen molar-refractivity contribution in [3.05, 3.63) is 36.2 Å². The van der Waals surface area contributed by atoms with E-state index in [1.54, 1.807) is 6.33 Å². The van der Waals surface area contributed by atoms with Crippen LogP contribution in [0.2, 0.25) is 0 Å². The minimum atomic E-state index is 0.951. The first-order valence-corrected chi connectivity index (χ1v) is 4.41. The van der Waals surface area contributed by atoms with E-state index in [0.717, 1.165) is 18.8 Å². The van der Waals surface area contributed by atoms with Gasteiger partial charge in [0.25, 0.3) is 0 Å². The molecule has 2 heterocycles. The second kappa shape index (κ2) is 2.42. The zero-order valence-electron chi connectivity index (χ0n) is 7.14. The third-order valence-electron chi connectivity index (χ3n) is 2.47. The van der Waals surface area contributed by atoms with Crippen molar-refractivity contribution in [2.45, 2.75) is 13.0 Å². The van der Waals surface area contributed by atoms with Crippen molar-refractivity contribution in [2.75, 3.05) is 0 Å². The number of hydrogen-bond acceptors (Lipinski definition) is 2. The zero-order chi connectivity index (χ0) is 8.67. The van der Waals surface area contributed by atoms with Crippen LogP contribution in [-0.4, -0.2) is 14.8 Å². The molecule has 3 heteroatoms. The summed E-state index contributed by atoms with van der Waals surface area (Å²) >= 11 is 0. The smallest absolute Gasteiger partial charge is 0.158 e. The molecule has 0 radical (unpaired) electrons. The van der Waals surface area contributed by atoms with Gasteiger partial charge < -0.3 is 0 Å². The molecule has 0 spiro atoms. The molecule has 3 rings (SSSR count). The largest absolute Gasteiger partial charge is 0.245 e. The Labute approximate surface area is 76.0 Å². The van der Waals surface area contributed by atoms with E-state index in [1.165, 1.54) is 11.1 Å². The number of fused-ring (bicyclic) bond motifs is 3. The van der Waals surface area contributed by atoms with E-state index in [1.807, 2.05) is 10.7 Å². The molecule has 3 nitrogen and oxygen atoms in total. The maximum absolute atomic E-state index is 4.25. The monoisotopic (exact) mass is 171 g/mol. The highest BCUT2D eigenvalue weighted by molar-refractivity contribution is 5.61. The Morgan fingerprint density at radius 2 is 2.15 bits per heavy atom. The fourth-order valence-corrected chi connectivity index (χ4v) is 1.82. The molecule has 13 heavy (non-hydrogen) atoms. The molecule has 2 aromatic rings. The van der Waals surface area contributed by atoms with Gasteiger partial charge in [0.2, 0.25) is 0 Å². The standard InChI is InChI=1S/C10H9N3/c1-2-4-9-8(3-1)5-6-13-10(9)11-7-12-13/h1-4,7H,5-6H2. The summed E-state index contributed by atoms with van der Waals surface area (Å²) in [4.78, 5) is 4.25. The Hall–Kier alpha value is -1.64. The summed E-state index contributed by atoms with van der Waals surface area (Å²) in [5.41, 5.74) is 2.61. The van der Waals surface area contributed by atoms with Crippen molar-refractivity contribution < 1.29 is 0 Å². The first kappa shape index (κ1) is 6.83. The van der Waals surface area contributed by atoms with E-state index < -0.39 is 0 Å². The SMILES string of the molecule is c1ccc2c(c1)CCn1ncnc1-2. The van der Waals surface area contributed by atoms with E-state index in [9.17, 15) is 0 Å². The quantitative estimate of drug-likeness (QED) is 0.601. The van der Waals surface area contributed by atoms with Gasteiger partial charge in [0, 0.05) is 12.1 Å². The van der Waals surface area contributed by atoms with Gasteiger partial charge in [-0.2, -0.15) is 5.10 Å². The molecule has 0 N–H and O–H groups in total. The summed E-state index contributed by atoms with van der Waals surface area (Å²) in [6.07, 6.45) is 2.68. The van der Waals surface area contributed by atoms with E-state index in [0.29, 0.717) is 0 Å². The number of hydrogen-bond donors (Lipinski definition) is 0. The third-order valence-corrected chi connectivity index (χ3v) is 2.47. The molecule has 0 amide bonds. The molecule has 1 aliphatic rings. The van der Waals surface area contributed by atoms with E-state index in [2.05, 4.69) is 28.3 Å². The Kier molecular flexibility index (Phi) is 1.27. The van der Waals surface area contributed by atoms with Gasteiger partial charge in [0.15, 0.2) is 5.82 Å². The van der Waals surface area contributed by atoms with Gasteiger partial charge in [0.1, 0.15) is 6.33 Å². The molecule has 0 atom stereocenters. The molecule has 64 valence electrons. The van der Waals surface area contributed by atoms with Crippen molar-refractivity contribution in [3.8, 4) is 11.4 Å². The molecular formula is C10H9N3. The van der Waals surface area contributed by atoms with Crippen molar-refractivity contribution in [1.29, 1.82) is 0 Å². The van der Waals surface area contributed by atoms with E-state index >= 15 is 0 Å². The molecule has 1 aromatic heterocycles. The molecule has 0 saturated heterocycles. The van der Waals surface area contributed by atoms with Crippen LogP contribution in [0.1, 0.15) is 5.56 Å². The molecular weight excluding hydrogens is 162 g/mol.